The van der Waals surface area contributed by atoms with Gasteiger partial charge in [0.15, 0.2) is 21.3 Å². The van der Waals surface area contributed by atoms with Gasteiger partial charge in [0.05, 0.1) is 5.60 Å². The van der Waals surface area contributed by atoms with E-state index in [1.807, 2.05) is 0 Å². The maximum Gasteiger partial charge on any atom is 0.180 e. The Hall–Kier alpha value is -1.27. The minimum Gasteiger partial charge on any atom is -0.486 e. The topological polar surface area (TPSA) is 72.8 Å². The van der Waals surface area contributed by atoms with E-state index >= 15 is 0 Å². The predicted octanol–water partition coefficient (Wildman–Crippen LogP) is 0.843. The van der Waals surface area contributed by atoms with E-state index in [2.05, 4.69) is 0 Å². The van der Waals surface area contributed by atoms with E-state index in [-0.39, 0.29) is 10.6 Å². The van der Waals surface area contributed by atoms with Crippen molar-refractivity contribution in [3.05, 3.63) is 17.7 Å². The van der Waals surface area contributed by atoms with Crippen molar-refractivity contribution in [2.75, 3.05) is 19.5 Å². The third-order valence-corrected chi connectivity index (χ3v) is 4.41. The van der Waals surface area contributed by atoms with Gasteiger partial charge in [-0.2, -0.15) is 0 Å². The van der Waals surface area contributed by atoms with Gasteiger partial charge in [0.25, 0.3) is 0 Å². The molecule has 1 saturated carbocycles. The van der Waals surface area contributed by atoms with Crippen LogP contribution in [0.2, 0.25) is 0 Å². The van der Waals surface area contributed by atoms with E-state index in [0.29, 0.717) is 37.4 Å². The summed E-state index contributed by atoms with van der Waals surface area (Å²) in [6, 6.07) is 3.28. The van der Waals surface area contributed by atoms with Crippen molar-refractivity contribution in [2.24, 2.45) is 0 Å². The number of ether oxygens (including phenoxy) is 2. The Labute approximate surface area is 105 Å². The third-order valence-electron chi connectivity index (χ3n) is 3.26. The standard InChI is InChI=1S/C12H14O5S/c1-18(14,15)11-8(12(13)4-5-12)2-3-9-10(11)17-7-6-16-9/h2-3,13H,4-7H2,1H3. The van der Waals surface area contributed by atoms with Crippen LogP contribution in [0.3, 0.4) is 0 Å². The molecular formula is C12H14O5S. The van der Waals surface area contributed by atoms with Gasteiger partial charge < -0.3 is 14.6 Å². The molecule has 0 amide bonds. The SMILES string of the molecule is CS(=O)(=O)c1c(C2(O)CC2)ccc2c1OCCO2. The smallest absolute Gasteiger partial charge is 0.180 e. The average Bonchev–Trinajstić information content (AvgIpc) is 3.06. The molecule has 2 aliphatic rings. The summed E-state index contributed by atoms with van der Waals surface area (Å²) in [6.07, 6.45) is 2.28. The molecule has 1 N–H and O–H groups in total. The minimum absolute atomic E-state index is 0.0692. The molecule has 0 unspecified atom stereocenters. The van der Waals surface area contributed by atoms with Crippen LogP contribution in [0.4, 0.5) is 0 Å². The van der Waals surface area contributed by atoms with E-state index in [1.165, 1.54) is 0 Å². The van der Waals surface area contributed by atoms with E-state index < -0.39 is 15.4 Å². The van der Waals surface area contributed by atoms with Gasteiger partial charge in [-0.25, -0.2) is 8.42 Å². The largest absolute Gasteiger partial charge is 0.486 e. The quantitative estimate of drug-likeness (QED) is 0.862. The molecule has 1 aliphatic carbocycles. The molecule has 3 rings (SSSR count). The lowest BCUT2D eigenvalue weighted by molar-refractivity contribution is 0.141. The molecular weight excluding hydrogens is 256 g/mol. The molecule has 0 radical (unpaired) electrons. The summed E-state index contributed by atoms with van der Waals surface area (Å²) >= 11 is 0. The second-order valence-electron chi connectivity index (χ2n) is 4.77. The van der Waals surface area contributed by atoms with Gasteiger partial charge in [0.2, 0.25) is 0 Å². The Morgan fingerprint density at radius 3 is 2.50 bits per heavy atom. The summed E-state index contributed by atoms with van der Waals surface area (Å²) in [7, 11) is -3.48. The van der Waals surface area contributed by atoms with Crippen LogP contribution >= 0.6 is 0 Å². The zero-order chi connectivity index (χ0) is 13.0. The molecule has 5 nitrogen and oxygen atoms in total. The fourth-order valence-electron chi connectivity index (χ4n) is 2.21. The first-order chi connectivity index (χ1) is 8.42. The van der Waals surface area contributed by atoms with Crippen molar-refractivity contribution in [3.8, 4) is 11.5 Å². The maximum absolute atomic E-state index is 12.0. The fourth-order valence-corrected chi connectivity index (χ4v) is 3.37. The van der Waals surface area contributed by atoms with Crippen LogP contribution in [0.25, 0.3) is 0 Å². The highest BCUT2D eigenvalue weighted by molar-refractivity contribution is 7.90. The molecule has 0 aromatic heterocycles. The number of sulfone groups is 1. The maximum atomic E-state index is 12.0. The first-order valence-electron chi connectivity index (χ1n) is 5.77. The first kappa shape index (κ1) is 11.8. The normalized spacial score (nSPS) is 20.6. The zero-order valence-corrected chi connectivity index (χ0v) is 10.8. The van der Waals surface area contributed by atoms with Crippen molar-refractivity contribution in [1.82, 2.24) is 0 Å². The van der Waals surface area contributed by atoms with Crippen LogP contribution in [0, 0.1) is 0 Å². The highest BCUT2D eigenvalue weighted by Gasteiger charge is 2.46. The van der Waals surface area contributed by atoms with Crippen molar-refractivity contribution in [3.63, 3.8) is 0 Å². The lowest BCUT2D eigenvalue weighted by Gasteiger charge is -2.23. The molecule has 1 aromatic rings. The summed E-state index contributed by atoms with van der Waals surface area (Å²) in [4.78, 5) is 0.0692. The van der Waals surface area contributed by atoms with Crippen molar-refractivity contribution in [1.29, 1.82) is 0 Å². The van der Waals surface area contributed by atoms with Crippen molar-refractivity contribution < 1.29 is 23.0 Å². The second-order valence-corrected chi connectivity index (χ2v) is 6.72. The Bertz CT molecular complexity index is 601. The van der Waals surface area contributed by atoms with Gasteiger partial charge >= 0.3 is 0 Å². The zero-order valence-electron chi connectivity index (χ0n) is 9.97. The lowest BCUT2D eigenvalue weighted by Crippen LogP contribution is -2.20. The molecule has 6 heteroatoms. The molecule has 98 valence electrons. The van der Waals surface area contributed by atoms with E-state index in [1.54, 1.807) is 12.1 Å². The number of fused-ring (bicyclic) bond motifs is 1. The Morgan fingerprint density at radius 2 is 1.89 bits per heavy atom. The highest BCUT2D eigenvalue weighted by Crippen LogP contribution is 2.51. The summed E-state index contributed by atoms with van der Waals surface area (Å²) in [6.45, 7) is 0.719. The number of aliphatic hydroxyl groups is 1. The Morgan fingerprint density at radius 1 is 1.22 bits per heavy atom. The molecule has 1 heterocycles. The van der Waals surface area contributed by atoms with Gasteiger partial charge in [-0.05, 0) is 18.9 Å². The third kappa shape index (κ3) is 1.76. The summed E-state index contributed by atoms with van der Waals surface area (Å²) in [5.74, 6) is 0.663. The number of benzene rings is 1. The van der Waals surface area contributed by atoms with Crippen LogP contribution in [0.5, 0.6) is 11.5 Å². The monoisotopic (exact) mass is 270 g/mol. The Balaban J connectivity index is 2.28. The van der Waals surface area contributed by atoms with E-state index in [0.717, 1.165) is 6.26 Å². The summed E-state index contributed by atoms with van der Waals surface area (Å²) in [5, 5.41) is 10.2. The molecule has 1 fully saturated rings. The van der Waals surface area contributed by atoms with Gasteiger partial charge in [-0.3, -0.25) is 0 Å². The number of hydrogen-bond acceptors (Lipinski definition) is 5. The molecule has 0 bridgehead atoms. The van der Waals surface area contributed by atoms with Gasteiger partial charge in [0.1, 0.15) is 18.1 Å². The first-order valence-corrected chi connectivity index (χ1v) is 7.66. The van der Waals surface area contributed by atoms with Gasteiger partial charge in [-0.1, -0.05) is 6.07 Å². The molecule has 18 heavy (non-hydrogen) atoms. The van der Waals surface area contributed by atoms with Crippen LogP contribution in [0.15, 0.2) is 17.0 Å². The molecule has 1 aromatic carbocycles. The van der Waals surface area contributed by atoms with Crippen molar-refractivity contribution in [2.45, 2.75) is 23.3 Å². The summed E-state index contributed by atoms with van der Waals surface area (Å²) in [5.41, 5.74) is -0.594. The number of hydrogen-bond donors (Lipinski definition) is 1. The van der Waals surface area contributed by atoms with Crippen LogP contribution in [0.1, 0.15) is 18.4 Å². The van der Waals surface area contributed by atoms with Gasteiger partial charge in [0, 0.05) is 11.8 Å². The highest BCUT2D eigenvalue weighted by atomic mass is 32.2. The second kappa shape index (κ2) is 3.61. The van der Waals surface area contributed by atoms with E-state index in [4.69, 9.17) is 9.47 Å². The summed E-state index contributed by atoms with van der Waals surface area (Å²) < 4.78 is 34.7. The van der Waals surface area contributed by atoms with Crippen LogP contribution in [-0.2, 0) is 15.4 Å². The van der Waals surface area contributed by atoms with Crippen molar-refractivity contribution >= 4 is 9.84 Å². The predicted molar refractivity (Wildman–Crippen MR) is 63.7 cm³/mol. The number of rotatable bonds is 2. The lowest BCUT2D eigenvalue weighted by atomic mass is 10.1. The van der Waals surface area contributed by atoms with E-state index in [9.17, 15) is 13.5 Å². The fraction of sp³-hybridized carbons (Fsp3) is 0.500. The van der Waals surface area contributed by atoms with Gasteiger partial charge in [-0.15, -0.1) is 0 Å². The van der Waals surface area contributed by atoms with Crippen LogP contribution < -0.4 is 9.47 Å². The Kier molecular flexibility index (Phi) is 2.37. The molecule has 0 spiro atoms. The molecule has 0 saturated heterocycles. The molecule has 0 atom stereocenters. The average molecular weight is 270 g/mol. The minimum atomic E-state index is -3.48. The molecule has 1 aliphatic heterocycles. The van der Waals surface area contributed by atoms with Crippen LogP contribution in [-0.4, -0.2) is 33.0 Å².